The summed E-state index contributed by atoms with van der Waals surface area (Å²) in [7, 11) is 0. The minimum Gasteiger partial charge on any atom is -0.350 e. The zero-order chi connectivity index (χ0) is 13.8. The van der Waals surface area contributed by atoms with Crippen LogP contribution in [-0.2, 0) is 16.0 Å². The smallest absolute Gasteiger partial charge is 0.217 e. The Kier molecular flexibility index (Phi) is 4.35. The Bertz CT molecular complexity index is 464. The first kappa shape index (κ1) is 13.8. The summed E-state index contributed by atoms with van der Waals surface area (Å²) < 4.78 is 0. The van der Waals surface area contributed by atoms with Gasteiger partial charge in [0.1, 0.15) is 5.78 Å². The molecule has 2 rings (SSSR count). The van der Waals surface area contributed by atoms with E-state index < -0.39 is 0 Å². The van der Waals surface area contributed by atoms with Gasteiger partial charge in [-0.3, -0.25) is 9.59 Å². The van der Waals surface area contributed by atoms with Crippen molar-refractivity contribution in [2.75, 3.05) is 0 Å². The summed E-state index contributed by atoms with van der Waals surface area (Å²) in [5.74, 6) is 0.613. The molecular weight excluding hydrogens is 238 g/mol. The van der Waals surface area contributed by atoms with Crippen LogP contribution in [0.2, 0.25) is 0 Å². The van der Waals surface area contributed by atoms with E-state index in [4.69, 9.17) is 0 Å². The number of ketones is 1. The van der Waals surface area contributed by atoms with Crippen LogP contribution in [0.25, 0.3) is 0 Å². The van der Waals surface area contributed by atoms with Crippen LogP contribution in [0.5, 0.6) is 0 Å². The maximum atomic E-state index is 11.6. The summed E-state index contributed by atoms with van der Waals surface area (Å²) in [5.41, 5.74) is 2.30. The fourth-order valence-corrected chi connectivity index (χ4v) is 2.72. The average Bonchev–Trinajstić information content (AvgIpc) is 2.75. The molecule has 1 saturated carbocycles. The summed E-state index contributed by atoms with van der Waals surface area (Å²) in [6, 6.07) is 8.24. The van der Waals surface area contributed by atoms with Gasteiger partial charge in [-0.1, -0.05) is 24.3 Å². The van der Waals surface area contributed by atoms with Crippen LogP contribution in [-0.4, -0.2) is 11.7 Å². The molecule has 2 atom stereocenters. The molecule has 1 aliphatic rings. The number of carbonyl (C=O) groups is 2. The van der Waals surface area contributed by atoms with Gasteiger partial charge in [-0.05, 0) is 37.3 Å². The Hall–Kier alpha value is -1.64. The zero-order valence-corrected chi connectivity index (χ0v) is 11.6. The van der Waals surface area contributed by atoms with Crippen LogP contribution in [0, 0.1) is 5.92 Å². The van der Waals surface area contributed by atoms with Crippen molar-refractivity contribution in [3.05, 3.63) is 35.4 Å². The lowest BCUT2D eigenvalue weighted by molar-refractivity contribution is -0.121. The molecule has 3 heteroatoms. The third-order valence-electron chi connectivity index (χ3n) is 3.81. The summed E-state index contributed by atoms with van der Waals surface area (Å²) in [6.45, 7) is 3.49. The van der Waals surface area contributed by atoms with Crippen molar-refractivity contribution in [2.45, 2.75) is 45.6 Å². The van der Waals surface area contributed by atoms with Gasteiger partial charge in [0.25, 0.3) is 0 Å². The standard InChI is InChI=1S/C16H21NO2/c1-11(17-12(2)18)14-8-6-13(7-9-14)10-15-4-3-5-16(15)19/h6-9,11,15H,3-5,10H2,1-2H3,(H,17,18). The average molecular weight is 259 g/mol. The Morgan fingerprint density at radius 3 is 2.58 bits per heavy atom. The van der Waals surface area contributed by atoms with E-state index in [1.165, 1.54) is 12.5 Å². The van der Waals surface area contributed by atoms with Crippen molar-refractivity contribution in [3.63, 3.8) is 0 Å². The van der Waals surface area contributed by atoms with E-state index in [9.17, 15) is 9.59 Å². The number of hydrogen-bond acceptors (Lipinski definition) is 2. The molecule has 19 heavy (non-hydrogen) atoms. The first-order valence-corrected chi connectivity index (χ1v) is 6.95. The van der Waals surface area contributed by atoms with E-state index in [0.29, 0.717) is 5.78 Å². The summed E-state index contributed by atoms with van der Waals surface area (Å²) in [6.07, 6.45) is 3.68. The second-order valence-electron chi connectivity index (χ2n) is 5.42. The van der Waals surface area contributed by atoms with Crippen LogP contribution >= 0.6 is 0 Å². The lowest BCUT2D eigenvalue weighted by atomic mass is 9.96. The predicted octanol–water partition coefficient (Wildman–Crippen LogP) is 2.80. The normalized spacial score (nSPS) is 20.3. The lowest BCUT2D eigenvalue weighted by Gasteiger charge is -2.14. The monoisotopic (exact) mass is 259 g/mol. The SMILES string of the molecule is CC(=O)NC(C)c1ccc(CC2CCCC2=O)cc1. The number of carbonyl (C=O) groups excluding carboxylic acids is 2. The Morgan fingerprint density at radius 2 is 2.05 bits per heavy atom. The molecule has 0 radical (unpaired) electrons. The number of amides is 1. The molecule has 1 aromatic carbocycles. The molecule has 1 aromatic rings. The molecule has 0 aromatic heterocycles. The van der Waals surface area contributed by atoms with Crippen LogP contribution in [0.4, 0.5) is 0 Å². The van der Waals surface area contributed by atoms with Gasteiger partial charge in [0, 0.05) is 19.3 Å². The number of nitrogens with one attached hydrogen (secondary N) is 1. The van der Waals surface area contributed by atoms with Crippen LogP contribution in [0.3, 0.4) is 0 Å². The van der Waals surface area contributed by atoms with Crippen molar-refractivity contribution < 1.29 is 9.59 Å². The molecule has 0 bridgehead atoms. The maximum absolute atomic E-state index is 11.6. The second kappa shape index (κ2) is 6.00. The third kappa shape index (κ3) is 3.66. The van der Waals surface area contributed by atoms with Gasteiger partial charge in [-0.25, -0.2) is 0 Å². The lowest BCUT2D eigenvalue weighted by Crippen LogP contribution is -2.23. The van der Waals surface area contributed by atoms with E-state index in [1.54, 1.807) is 0 Å². The van der Waals surface area contributed by atoms with E-state index in [2.05, 4.69) is 17.4 Å². The van der Waals surface area contributed by atoms with Crippen molar-refractivity contribution in [1.29, 1.82) is 0 Å². The van der Waals surface area contributed by atoms with E-state index in [0.717, 1.165) is 31.2 Å². The first-order valence-electron chi connectivity index (χ1n) is 6.95. The van der Waals surface area contributed by atoms with Crippen molar-refractivity contribution in [2.24, 2.45) is 5.92 Å². The quantitative estimate of drug-likeness (QED) is 0.903. The highest BCUT2D eigenvalue weighted by Crippen LogP contribution is 2.25. The van der Waals surface area contributed by atoms with E-state index >= 15 is 0 Å². The van der Waals surface area contributed by atoms with Gasteiger partial charge in [0.2, 0.25) is 5.91 Å². The molecule has 0 spiro atoms. The van der Waals surface area contributed by atoms with E-state index in [1.807, 2.05) is 19.1 Å². The van der Waals surface area contributed by atoms with Gasteiger partial charge in [-0.15, -0.1) is 0 Å². The summed E-state index contributed by atoms with van der Waals surface area (Å²) in [4.78, 5) is 22.6. The minimum atomic E-state index is -0.0203. The van der Waals surface area contributed by atoms with Gasteiger partial charge < -0.3 is 5.32 Å². The Balaban J connectivity index is 1.98. The predicted molar refractivity (Wildman–Crippen MR) is 74.7 cm³/mol. The molecule has 0 heterocycles. The first-order chi connectivity index (χ1) is 9.06. The number of benzene rings is 1. The molecule has 102 valence electrons. The van der Waals surface area contributed by atoms with Crippen LogP contribution in [0.15, 0.2) is 24.3 Å². The highest BCUT2D eigenvalue weighted by atomic mass is 16.1. The molecular formula is C16H21NO2. The fourth-order valence-electron chi connectivity index (χ4n) is 2.72. The molecule has 1 N–H and O–H groups in total. The minimum absolute atomic E-state index is 0.0203. The van der Waals surface area contributed by atoms with Gasteiger partial charge >= 0.3 is 0 Å². The van der Waals surface area contributed by atoms with Gasteiger partial charge in [-0.2, -0.15) is 0 Å². The fraction of sp³-hybridized carbons (Fsp3) is 0.500. The van der Waals surface area contributed by atoms with Crippen molar-refractivity contribution >= 4 is 11.7 Å². The maximum Gasteiger partial charge on any atom is 0.217 e. The van der Waals surface area contributed by atoms with Crippen molar-refractivity contribution in [1.82, 2.24) is 5.32 Å². The molecule has 3 nitrogen and oxygen atoms in total. The molecule has 1 aliphatic carbocycles. The van der Waals surface area contributed by atoms with Crippen molar-refractivity contribution in [3.8, 4) is 0 Å². The summed E-state index contributed by atoms with van der Waals surface area (Å²) in [5, 5.41) is 2.87. The highest BCUT2D eigenvalue weighted by molar-refractivity contribution is 5.83. The molecule has 1 fully saturated rings. The zero-order valence-electron chi connectivity index (χ0n) is 11.6. The summed E-state index contributed by atoms with van der Waals surface area (Å²) >= 11 is 0. The van der Waals surface area contributed by atoms with Gasteiger partial charge in [0.05, 0.1) is 6.04 Å². The molecule has 2 unspecified atom stereocenters. The Labute approximate surface area is 114 Å². The number of rotatable bonds is 4. The largest absolute Gasteiger partial charge is 0.350 e. The Morgan fingerprint density at radius 1 is 1.37 bits per heavy atom. The molecule has 0 saturated heterocycles. The highest BCUT2D eigenvalue weighted by Gasteiger charge is 2.24. The third-order valence-corrected chi connectivity index (χ3v) is 3.81. The number of Topliss-reactive ketones (excluding diaryl/α,β-unsaturated/α-hetero) is 1. The van der Waals surface area contributed by atoms with E-state index in [-0.39, 0.29) is 17.9 Å². The second-order valence-corrected chi connectivity index (χ2v) is 5.42. The van der Waals surface area contributed by atoms with Crippen LogP contribution in [0.1, 0.15) is 50.3 Å². The molecule has 1 amide bonds. The number of hydrogen-bond donors (Lipinski definition) is 1. The van der Waals surface area contributed by atoms with Crippen LogP contribution < -0.4 is 5.32 Å². The van der Waals surface area contributed by atoms with Gasteiger partial charge in [0.15, 0.2) is 0 Å². The molecule has 0 aliphatic heterocycles. The topological polar surface area (TPSA) is 46.2 Å².